The van der Waals surface area contributed by atoms with Crippen molar-refractivity contribution in [3.05, 3.63) is 53.6 Å². The highest BCUT2D eigenvalue weighted by Crippen LogP contribution is 2.25. The molecule has 0 fully saturated rings. The van der Waals surface area contributed by atoms with Gasteiger partial charge in [0.05, 0.1) is 4.90 Å². The first-order valence-corrected chi connectivity index (χ1v) is 10.2. The summed E-state index contributed by atoms with van der Waals surface area (Å²) < 4.78 is 67.1. The molecule has 0 bridgehead atoms. The van der Waals surface area contributed by atoms with Crippen LogP contribution in [-0.4, -0.2) is 38.1 Å². The summed E-state index contributed by atoms with van der Waals surface area (Å²) in [5.74, 6) is -1.04. The van der Waals surface area contributed by atoms with Gasteiger partial charge in [0, 0.05) is 24.3 Å². The summed E-state index contributed by atoms with van der Waals surface area (Å²) in [6.07, 6.45) is -4.82. The molecule has 0 heterocycles. The molecule has 0 unspecified atom stereocenters. The summed E-state index contributed by atoms with van der Waals surface area (Å²) in [4.78, 5) is 12.5. The van der Waals surface area contributed by atoms with Crippen LogP contribution in [0.25, 0.3) is 0 Å². The Morgan fingerprint density at radius 1 is 1.07 bits per heavy atom. The summed E-state index contributed by atoms with van der Waals surface area (Å²) in [5.41, 5.74) is 1.02. The van der Waals surface area contributed by atoms with Gasteiger partial charge in [-0.05, 0) is 48.9 Å². The Labute approximate surface area is 167 Å². The van der Waals surface area contributed by atoms with Crippen molar-refractivity contribution in [2.45, 2.75) is 32.0 Å². The number of nitrogens with one attached hydrogen (secondary N) is 1. The van der Waals surface area contributed by atoms with Crippen LogP contribution in [-0.2, 0) is 10.0 Å². The number of amides is 1. The number of hydrogen-bond donors (Lipinski definition) is 1. The molecule has 6 nitrogen and oxygen atoms in total. The van der Waals surface area contributed by atoms with Crippen molar-refractivity contribution >= 4 is 21.6 Å². The van der Waals surface area contributed by atoms with E-state index < -0.39 is 28.0 Å². The Bertz CT molecular complexity index is 970. The van der Waals surface area contributed by atoms with Crippen LogP contribution in [0.3, 0.4) is 0 Å². The maximum absolute atomic E-state index is 12.7. The fourth-order valence-electron chi connectivity index (χ4n) is 2.61. The molecule has 2 rings (SSSR count). The van der Waals surface area contributed by atoms with E-state index in [1.807, 2.05) is 0 Å². The van der Waals surface area contributed by atoms with Gasteiger partial charge in [0.25, 0.3) is 5.91 Å². The fourth-order valence-corrected chi connectivity index (χ4v) is 4.10. The highest BCUT2D eigenvalue weighted by atomic mass is 32.2. The third-order valence-corrected chi connectivity index (χ3v) is 6.20. The summed E-state index contributed by atoms with van der Waals surface area (Å²) in [6, 6.07) is 8.81. The lowest BCUT2D eigenvalue weighted by Gasteiger charge is -2.19. The molecule has 29 heavy (non-hydrogen) atoms. The highest BCUT2D eigenvalue weighted by molar-refractivity contribution is 7.89. The molecule has 10 heteroatoms. The summed E-state index contributed by atoms with van der Waals surface area (Å²) >= 11 is 0. The number of carbonyl (C=O) groups is 1. The first-order chi connectivity index (χ1) is 13.5. The lowest BCUT2D eigenvalue weighted by Crippen LogP contribution is -2.30. The Kier molecular flexibility index (Phi) is 6.91. The Morgan fingerprint density at radius 3 is 2.17 bits per heavy atom. The van der Waals surface area contributed by atoms with Crippen molar-refractivity contribution in [1.82, 2.24) is 4.31 Å². The first kappa shape index (κ1) is 22.7. The third-order valence-electron chi connectivity index (χ3n) is 4.15. The van der Waals surface area contributed by atoms with Crippen molar-refractivity contribution in [3.63, 3.8) is 0 Å². The van der Waals surface area contributed by atoms with Crippen molar-refractivity contribution in [2.24, 2.45) is 0 Å². The number of sulfonamides is 1. The normalized spacial score (nSPS) is 12.1. The minimum Gasteiger partial charge on any atom is -0.406 e. The molecule has 0 radical (unpaired) electrons. The summed E-state index contributed by atoms with van der Waals surface area (Å²) in [7, 11) is -3.70. The molecular formula is C19H21F3N2O4S. The molecule has 0 aliphatic heterocycles. The van der Waals surface area contributed by atoms with E-state index in [9.17, 15) is 26.4 Å². The number of halogens is 3. The minimum absolute atomic E-state index is 0.0380. The van der Waals surface area contributed by atoms with Crippen molar-refractivity contribution in [3.8, 4) is 5.75 Å². The van der Waals surface area contributed by atoms with Crippen LogP contribution in [0, 0.1) is 6.92 Å². The van der Waals surface area contributed by atoms with Gasteiger partial charge in [0.1, 0.15) is 5.75 Å². The minimum atomic E-state index is -4.82. The number of nitrogens with zero attached hydrogens (tertiary/aromatic N) is 1. The second-order valence-electron chi connectivity index (χ2n) is 6.09. The van der Waals surface area contributed by atoms with Gasteiger partial charge in [-0.25, -0.2) is 8.42 Å². The second-order valence-corrected chi connectivity index (χ2v) is 8.03. The van der Waals surface area contributed by atoms with Gasteiger partial charge in [-0.3, -0.25) is 4.79 Å². The van der Waals surface area contributed by atoms with Crippen molar-refractivity contribution < 1.29 is 31.1 Å². The smallest absolute Gasteiger partial charge is 0.406 e. The molecule has 0 aliphatic carbocycles. The van der Waals surface area contributed by atoms with Gasteiger partial charge in [-0.2, -0.15) is 4.31 Å². The SMILES string of the molecule is CCN(CC)S(=O)(=O)c1ccc(C)c(NC(=O)c2ccc(OC(F)(F)F)cc2)c1. The number of anilines is 1. The average molecular weight is 430 g/mol. The molecule has 1 amide bonds. The first-order valence-electron chi connectivity index (χ1n) is 8.76. The van der Waals surface area contributed by atoms with Crippen molar-refractivity contribution in [1.29, 1.82) is 0 Å². The van der Waals surface area contributed by atoms with E-state index in [0.29, 0.717) is 24.3 Å². The van der Waals surface area contributed by atoms with Crippen LogP contribution in [0.5, 0.6) is 5.75 Å². The zero-order chi connectivity index (χ0) is 21.8. The van der Waals surface area contributed by atoms with Gasteiger partial charge in [0.15, 0.2) is 0 Å². The molecule has 0 saturated carbocycles. The highest BCUT2D eigenvalue weighted by Gasteiger charge is 2.31. The standard InChI is InChI=1S/C19H21F3N2O4S/c1-4-24(5-2)29(26,27)16-11-6-13(3)17(12-16)23-18(25)14-7-9-15(10-8-14)28-19(20,21)22/h6-12H,4-5H2,1-3H3,(H,23,25). The molecule has 1 N–H and O–H groups in total. The van der Waals surface area contributed by atoms with Crippen molar-refractivity contribution in [2.75, 3.05) is 18.4 Å². The van der Waals surface area contributed by atoms with Crippen LogP contribution < -0.4 is 10.1 Å². The van der Waals surface area contributed by atoms with E-state index in [1.54, 1.807) is 26.8 Å². The monoisotopic (exact) mass is 430 g/mol. The van der Waals surface area contributed by atoms with Gasteiger partial charge in [-0.1, -0.05) is 19.9 Å². The lowest BCUT2D eigenvalue weighted by molar-refractivity contribution is -0.274. The van der Waals surface area contributed by atoms with Crippen LogP contribution in [0.2, 0.25) is 0 Å². The zero-order valence-electron chi connectivity index (χ0n) is 16.1. The number of aryl methyl sites for hydroxylation is 1. The predicted molar refractivity (Wildman–Crippen MR) is 102 cm³/mol. The van der Waals surface area contributed by atoms with E-state index in [4.69, 9.17) is 0 Å². The largest absolute Gasteiger partial charge is 0.573 e. The number of alkyl halides is 3. The van der Waals surface area contributed by atoms with E-state index in [0.717, 1.165) is 12.1 Å². The third kappa shape index (κ3) is 5.70. The predicted octanol–water partition coefficient (Wildman–Crippen LogP) is 4.18. The second kappa shape index (κ2) is 8.83. The molecule has 0 atom stereocenters. The molecule has 2 aromatic rings. The fraction of sp³-hybridized carbons (Fsp3) is 0.316. The van der Waals surface area contributed by atoms with Gasteiger partial charge >= 0.3 is 6.36 Å². The topological polar surface area (TPSA) is 75.7 Å². The van der Waals surface area contributed by atoms with Gasteiger partial charge in [-0.15, -0.1) is 13.2 Å². The maximum Gasteiger partial charge on any atom is 0.573 e. The molecular weight excluding hydrogens is 409 g/mol. The molecule has 158 valence electrons. The van der Waals surface area contributed by atoms with Crippen LogP contribution >= 0.6 is 0 Å². The summed E-state index contributed by atoms with van der Waals surface area (Å²) in [5, 5.41) is 2.60. The molecule has 2 aromatic carbocycles. The van der Waals surface area contributed by atoms with E-state index in [1.165, 1.54) is 28.6 Å². The number of ether oxygens (including phenoxy) is 1. The van der Waals surface area contributed by atoms with Crippen LogP contribution in [0.15, 0.2) is 47.4 Å². The quantitative estimate of drug-likeness (QED) is 0.715. The van der Waals surface area contributed by atoms with E-state index >= 15 is 0 Å². The number of hydrogen-bond acceptors (Lipinski definition) is 4. The van der Waals surface area contributed by atoms with E-state index in [2.05, 4.69) is 10.1 Å². The average Bonchev–Trinajstić information content (AvgIpc) is 2.63. The maximum atomic E-state index is 12.7. The molecule has 0 spiro atoms. The Balaban J connectivity index is 2.24. The zero-order valence-corrected chi connectivity index (χ0v) is 16.9. The number of rotatable bonds is 7. The summed E-state index contributed by atoms with van der Waals surface area (Å²) in [6.45, 7) is 5.76. The lowest BCUT2D eigenvalue weighted by atomic mass is 10.1. The Morgan fingerprint density at radius 2 is 1.66 bits per heavy atom. The van der Waals surface area contributed by atoms with Crippen LogP contribution in [0.1, 0.15) is 29.8 Å². The molecule has 0 aliphatic rings. The molecule has 0 aromatic heterocycles. The molecule has 0 saturated heterocycles. The van der Waals surface area contributed by atoms with E-state index in [-0.39, 0.29) is 10.5 Å². The van der Waals surface area contributed by atoms with Gasteiger partial charge < -0.3 is 10.1 Å². The van der Waals surface area contributed by atoms with Crippen LogP contribution in [0.4, 0.5) is 18.9 Å². The number of carbonyl (C=O) groups excluding carboxylic acids is 1. The number of benzene rings is 2. The van der Waals surface area contributed by atoms with Gasteiger partial charge in [0.2, 0.25) is 10.0 Å². The Hall–Kier alpha value is -2.59.